The minimum Gasteiger partial charge on any atom is -0.480 e. The molecule has 0 aromatic carbocycles. The van der Waals surface area contributed by atoms with Gasteiger partial charge in [-0.15, -0.1) is 0 Å². The van der Waals surface area contributed by atoms with Crippen molar-refractivity contribution in [2.75, 3.05) is 13.1 Å². The molecule has 0 saturated carbocycles. The van der Waals surface area contributed by atoms with Crippen LogP contribution >= 0.6 is 0 Å². The molecular weight excluding hydrogens is 244 g/mol. The van der Waals surface area contributed by atoms with Crippen LogP contribution < -0.4 is 5.32 Å². The molecule has 1 unspecified atom stereocenters. The zero-order valence-corrected chi connectivity index (χ0v) is 12.0. The van der Waals surface area contributed by atoms with Crippen LogP contribution in [-0.4, -0.2) is 47.1 Å². The van der Waals surface area contributed by atoms with Gasteiger partial charge in [0.1, 0.15) is 6.04 Å². The van der Waals surface area contributed by atoms with Gasteiger partial charge >= 0.3 is 5.97 Å². The smallest absolute Gasteiger partial charge is 0.326 e. The topological polar surface area (TPSA) is 69.6 Å². The number of likely N-dealkylation sites (tertiary alicyclic amines) is 1. The van der Waals surface area contributed by atoms with E-state index in [0.717, 1.165) is 45.2 Å². The van der Waals surface area contributed by atoms with Crippen LogP contribution in [0, 0.1) is 0 Å². The van der Waals surface area contributed by atoms with Gasteiger partial charge in [0, 0.05) is 0 Å². The van der Waals surface area contributed by atoms with E-state index in [1.807, 2.05) is 6.92 Å². The lowest BCUT2D eigenvalue weighted by Gasteiger charge is -2.24. The highest BCUT2D eigenvalue weighted by molar-refractivity contribution is 5.87. The van der Waals surface area contributed by atoms with Gasteiger partial charge in [0.15, 0.2) is 0 Å². The van der Waals surface area contributed by atoms with E-state index >= 15 is 0 Å². The summed E-state index contributed by atoms with van der Waals surface area (Å²) in [6.07, 6.45) is 5.14. The number of unbranched alkanes of at least 4 members (excludes halogenated alkanes) is 1. The first-order chi connectivity index (χ1) is 9.10. The van der Waals surface area contributed by atoms with Crippen LogP contribution in [0.3, 0.4) is 0 Å². The van der Waals surface area contributed by atoms with Crippen LogP contribution in [0.1, 0.15) is 52.4 Å². The van der Waals surface area contributed by atoms with Gasteiger partial charge < -0.3 is 10.4 Å². The second-order valence-corrected chi connectivity index (χ2v) is 5.24. The largest absolute Gasteiger partial charge is 0.480 e. The molecule has 1 fully saturated rings. The Kier molecular flexibility index (Phi) is 6.84. The van der Waals surface area contributed by atoms with Crippen LogP contribution in [0.5, 0.6) is 0 Å². The predicted molar refractivity (Wildman–Crippen MR) is 74.0 cm³/mol. The Morgan fingerprint density at radius 1 is 1.37 bits per heavy atom. The van der Waals surface area contributed by atoms with Crippen molar-refractivity contribution in [1.29, 1.82) is 0 Å². The molecule has 1 rings (SSSR count). The van der Waals surface area contributed by atoms with Gasteiger partial charge in [-0.2, -0.15) is 0 Å². The van der Waals surface area contributed by atoms with Crippen molar-refractivity contribution in [2.45, 2.75) is 64.5 Å². The molecule has 0 aromatic heterocycles. The Hall–Kier alpha value is -1.10. The zero-order valence-electron chi connectivity index (χ0n) is 12.0. The van der Waals surface area contributed by atoms with Gasteiger partial charge in [0.25, 0.3) is 0 Å². The summed E-state index contributed by atoms with van der Waals surface area (Å²) in [5.74, 6) is -1.05. The number of carboxylic acids is 1. The number of carbonyl (C=O) groups is 2. The maximum atomic E-state index is 12.2. The molecule has 0 aliphatic carbocycles. The first kappa shape index (κ1) is 16.0. The molecule has 5 heteroatoms. The second-order valence-electron chi connectivity index (χ2n) is 5.24. The number of nitrogens with zero attached hydrogens (tertiary/aromatic N) is 1. The van der Waals surface area contributed by atoms with Gasteiger partial charge in [-0.25, -0.2) is 4.79 Å². The molecule has 0 radical (unpaired) electrons. The van der Waals surface area contributed by atoms with E-state index in [4.69, 9.17) is 5.11 Å². The molecule has 110 valence electrons. The molecular formula is C14H26N2O3. The summed E-state index contributed by atoms with van der Waals surface area (Å²) in [6.45, 7) is 5.96. The third-order valence-electron chi connectivity index (χ3n) is 3.64. The molecule has 1 heterocycles. The van der Waals surface area contributed by atoms with Crippen LogP contribution in [0.25, 0.3) is 0 Å². The van der Waals surface area contributed by atoms with Gasteiger partial charge in [-0.1, -0.05) is 26.7 Å². The summed E-state index contributed by atoms with van der Waals surface area (Å²) < 4.78 is 0. The third-order valence-corrected chi connectivity index (χ3v) is 3.64. The van der Waals surface area contributed by atoms with E-state index < -0.39 is 12.0 Å². The van der Waals surface area contributed by atoms with E-state index in [9.17, 15) is 9.59 Å². The van der Waals surface area contributed by atoms with Crippen molar-refractivity contribution in [1.82, 2.24) is 10.2 Å². The Balaban J connectivity index is 2.53. The molecule has 1 saturated heterocycles. The van der Waals surface area contributed by atoms with Crippen molar-refractivity contribution in [2.24, 2.45) is 0 Å². The number of amides is 1. The zero-order chi connectivity index (χ0) is 14.3. The molecule has 1 aliphatic rings. The fourth-order valence-electron chi connectivity index (χ4n) is 2.61. The fourth-order valence-corrected chi connectivity index (χ4v) is 2.61. The summed E-state index contributed by atoms with van der Waals surface area (Å²) in [4.78, 5) is 25.5. The van der Waals surface area contributed by atoms with E-state index in [2.05, 4.69) is 17.1 Å². The average Bonchev–Trinajstić information content (AvgIpc) is 2.82. The lowest BCUT2D eigenvalue weighted by molar-refractivity contribution is -0.142. The standard InChI is InChI=1S/C14H26N2O3/c1-3-5-7-11(14(18)19)15-13(17)12-8-6-10-16(12)9-4-2/h11-12H,3-10H2,1-2H3,(H,15,17)(H,18,19)/t11-,12?/m0/s1. The second kappa shape index (κ2) is 8.15. The Morgan fingerprint density at radius 2 is 2.11 bits per heavy atom. The Morgan fingerprint density at radius 3 is 2.68 bits per heavy atom. The van der Waals surface area contributed by atoms with Crippen molar-refractivity contribution >= 4 is 11.9 Å². The maximum Gasteiger partial charge on any atom is 0.326 e. The lowest BCUT2D eigenvalue weighted by Crippen LogP contribution is -2.49. The van der Waals surface area contributed by atoms with Crippen molar-refractivity contribution < 1.29 is 14.7 Å². The lowest BCUT2D eigenvalue weighted by atomic mass is 10.1. The van der Waals surface area contributed by atoms with Crippen LogP contribution in [-0.2, 0) is 9.59 Å². The van der Waals surface area contributed by atoms with E-state index in [0.29, 0.717) is 6.42 Å². The summed E-state index contributed by atoms with van der Waals surface area (Å²) in [6, 6.07) is -0.875. The molecule has 2 atom stereocenters. The summed E-state index contributed by atoms with van der Waals surface area (Å²) >= 11 is 0. The van der Waals surface area contributed by atoms with E-state index in [1.54, 1.807) is 0 Å². The molecule has 0 bridgehead atoms. The van der Waals surface area contributed by atoms with E-state index in [-0.39, 0.29) is 11.9 Å². The average molecular weight is 270 g/mol. The molecule has 0 aromatic rings. The number of carboxylic acid groups (broad SMARTS) is 1. The summed E-state index contributed by atoms with van der Waals surface area (Å²) in [5.41, 5.74) is 0. The van der Waals surface area contributed by atoms with Gasteiger partial charge in [-0.05, 0) is 38.8 Å². The molecule has 1 aliphatic heterocycles. The maximum absolute atomic E-state index is 12.2. The molecule has 19 heavy (non-hydrogen) atoms. The minimum absolute atomic E-state index is 0.116. The Labute approximate surface area is 115 Å². The van der Waals surface area contributed by atoms with Crippen molar-refractivity contribution in [3.05, 3.63) is 0 Å². The number of carbonyl (C=O) groups excluding carboxylic acids is 1. The van der Waals surface area contributed by atoms with Crippen LogP contribution in [0.4, 0.5) is 0 Å². The number of hydrogen-bond acceptors (Lipinski definition) is 3. The highest BCUT2D eigenvalue weighted by atomic mass is 16.4. The number of hydrogen-bond donors (Lipinski definition) is 2. The highest BCUT2D eigenvalue weighted by Crippen LogP contribution is 2.18. The van der Waals surface area contributed by atoms with Gasteiger partial charge in [0.2, 0.25) is 5.91 Å². The van der Waals surface area contributed by atoms with Gasteiger partial charge in [0.05, 0.1) is 6.04 Å². The fraction of sp³-hybridized carbons (Fsp3) is 0.857. The molecule has 5 nitrogen and oxygen atoms in total. The number of rotatable bonds is 8. The van der Waals surface area contributed by atoms with Crippen LogP contribution in [0.15, 0.2) is 0 Å². The number of aliphatic carboxylic acids is 1. The first-order valence-corrected chi connectivity index (χ1v) is 7.37. The highest BCUT2D eigenvalue weighted by Gasteiger charge is 2.32. The molecule has 1 amide bonds. The monoisotopic (exact) mass is 270 g/mol. The summed E-state index contributed by atoms with van der Waals surface area (Å²) in [5, 5.41) is 11.8. The Bertz CT molecular complexity index is 307. The number of nitrogens with one attached hydrogen (secondary N) is 1. The minimum atomic E-state index is -0.929. The molecule has 2 N–H and O–H groups in total. The van der Waals surface area contributed by atoms with Crippen molar-refractivity contribution in [3.63, 3.8) is 0 Å². The van der Waals surface area contributed by atoms with Gasteiger partial charge in [-0.3, -0.25) is 9.69 Å². The predicted octanol–water partition coefficient (Wildman–Crippen LogP) is 1.62. The molecule has 0 spiro atoms. The van der Waals surface area contributed by atoms with Crippen molar-refractivity contribution in [3.8, 4) is 0 Å². The quantitative estimate of drug-likeness (QED) is 0.703. The summed E-state index contributed by atoms with van der Waals surface area (Å²) in [7, 11) is 0. The van der Waals surface area contributed by atoms with E-state index in [1.165, 1.54) is 0 Å². The SMILES string of the molecule is CCCC[C@H](NC(=O)C1CCCN1CCC)C(=O)O. The first-order valence-electron chi connectivity index (χ1n) is 7.37. The third kappa shape index (κ3) is 4.82. The normalized spacial score (nSPS) is 21.3. The van der Waals surface area contributed by atoms with Crippen LogP contribution in [0.2, 0.25) is 0 Å².